The second kappa shape index (κ2) is 9.26. The van der Waals surface area contributed by atoms with Crippen LogP contribution in [-0.4, -0.2) is 11.2 Å². The summed E-state index contributed by atoms with van der Waals surface area (Å²) in [6.45, 7) is 1.86. The molecule has 1 atom stereocenters. The van der Waals surface area contributed by atoms with Crippen molar-refractivity contribution in [2.75, 3.05) is 5.32 Å². The zero-order valence-corrected chi connectivity index (χ0v) is 22.0. The fourth-order valence-electron chi connectivity index (χ4n) is 5.09. The van der Waals surface area contributed by atoms with E-state index >= 15 is 0 Å². The predicted octanol–water partition coefficient (Wildman–Crippen LogP) is 7.20. The van der Waals surface area contributed by atoms with Gasteiger partial charge in [-0.15, -0.1) is 34.4 Å². The van der Waals surface area contributed by atoms with Crippen molar-refractivity contribution in [2.24, 2.45) is 0 Å². The van der Waals surface area contributed by atoms with Crippen LogP contribution in [0.4, 0.5) is 5.00 Å². The number of benzene rings is 2. The Hall–Kier alpha value is -3.36. The highest BCUT2D eigenvalue weighted by molar-refractivity contribution is 8.02. The standard InChI is InChI=1S/C29H21N3OS3/c1-16(34-29-24(15-31)22-13-11-18-7-3-5-9-20(18)26(22)36-29)27(33)32-28-23(14-30)21-12-10-17-6-2-4-8-19(17)25(21)35-28/h2-9,16H,10-13H2,1H3,(H,32,33). The molecule has 6 rings (SSSR count). The van der Waals surface area contributed by atoms with Gasteiger partial charge in [0.15, 0.2) is 0 Å². The molecule has 0 aliphatic heterocycles. The van der Waals surface area contributed by atoms with E-state index in [1.165, 1.54) is 39.8 Å². The fraction of sp³-hybridized carbons (Fsp3) is 0.207. The average molecular weight is 524 g/mol. The second-order valence-corrected chi connectivity index (χ2v) is 12.6. The number of nitrogens with one attached hydrogen (secondary N) is 1. The lowest BCUT2D eigenvalue weighted by atomic mass is 9.90. The summed E-state index contributed by atoms with van der Waals surface area (Å²) in [4.78, 5) is 15.5. The van der Waals surface area contributed by atoms with Gasteiger partial charge in [-0.1, -0.05) is 48.5 Å². The third-order valence-corrected chi connectivity index (χ3v) is 10.7. The van der Waals surface area contributed by atoms with Gasteiger partial charge in [0.25, 0.3) is 0 Å². The number of aryl methyl sites for hydroxylation is 2. The van der Waals surface area contributed by atoms with Gasteiger partial charge in [-0.2, -0.15) is 10.5 Å². The first-order valence-electron chi connectivity index (χ1n) is 11.8. The van der Waals surface area contributed by atoms with Gasteiger partial charge in [-0.25, -0.2) is 0 Å². The number of nitriles is 2. The van der Waals surface area contributed by atoms with E-state index in [1.54, 1.807) is 11.3 Å². The molecule has 1 amide bonds. The maximum Gasteiger partial charge on any atom is 0.238 e. The molecule has 176 valence electrons. The summed E-state index contributed by atoms with van der Waals surface area (Å²) >= 11 is 4.54. The summed E-state index contributed by atoms with van der Waals surface area (Å²) in [6.07, 6.45) is 3.48. The molecule has 0 saturated carbocycles. The molecule has 0 bridgehead atoms. The van der Waals surface area contributed by atoms with Gasteiger partial charge in [0.2, 0.25) is 5.91 Å². The maximum atomic E-state index is 13.3. The van der Waals surface area contributed by atoms with Crippen LogP contribution in [0.3, 0.4) is 0 Å². The number of hydrogen-bond acceptors (Lipinski definition) is 6. The Kier molecular flexibility index (Phi) is 5.93. The lowest BCUT2D eigenvalue weighted by molar-refractivity contribution is -0.115. The number of hydrogen-bond donors (Lipinski definition) is 1. The monoisotopic (exact) mass is 523 g/mol. The Morgan fingerprint density at radius 1 is 0.861 bits per heavy atom. The van der Waals surface area contributed by atoms with Gasteiger partial charge in [-0.05, 0) is 66.0 Å². The smallest absolute Gasteiger partial charge is 0.238 e. The van der Waals surface area contributed by atoms with Crippen molar-refractivity contribution >= 4 is 45.3 Å². The lowest BCUT2D eigenvalue weighted by Crippen LogP contribution is -2.22. The minimum absolute atomic E-state index is 0.154. The van der Waals surface area contributed by atoms with Crippen LogP contribution in [0.15, 0.2) is 52.7 Å². The van der Waals surface area contributed by atoms with Gasteiger partial charge >= 0.3 is 0 Å². The molecule has 2 aromatic carbocycles. The van der Waals surface area contributed by atoms with Crippen molar-refractivity contribution in [1.82, 2.24) is 0 Å². The average Bonchev–Trinajstić information content (AvgIpc) is 3.45. The van der Waals surface area contributed by atoms with Crippen molar-refractivity contribution in [3.05, 3.63) is 81.9 Å². The molecule has 2 aromatic heterocycles. The molecule has 2 aliphatic rings. The number of anilines is 1. The number of fused-ring (bicyclic) bond motifs is 6. The zero-order chi connectivity index (χ0) is 24.8. The maximum absolute atomic E-state index is 13.3. The molecule has 2 aliphatic carbocycles. The Labute approximate surface area is 222 Å². The van der Waals surface area contributed by atoms with E-state index < -0.39 is 5.25 Å². The van der Waals surface area contributed by atoms with Gasteiger partial charge in [0.1, 0.15) is 17.1 Å². The largest absolute Gasteiger partial charge is 0.316 e. The highest BCUT2D eigenvalue weighted by atomic mass is 32.2. The first-order valence-corrected chi connectivity index (χ1v) is 14.4. The number of nitrogens with zero attached hydrogens (tertiary/aromatic N) is 2. The van der Waals surface area contributed by atoms with E-state index in [9.17, 15) is 15.3 Å². The van der Waals surface area contributed by atoms with Crippen LogP contribution in [-0.2, 0) is 30.5 Å². The highest BCUT2D eigenvalue weighted by Gasteiger charge is 2.29. The van der Waals surface area contributed by atoms with Crippen LogP contribution in [0.25, 0.3) is 20.9 Å². The molecule has 7 heteroatoms. The first kappa shape index (κ1) is 23.1. The number of rotatable bonds is 4. The first-order chi connectivity index (χ1) is 17.6. The summed E-state index contributed by atoms with van der Waals surface area (Å²) in [5.74, 6) is -0.154. The topological polar surface area (TPSA) is 76.7 Å². The molecule has 4 nitrogen and oxygen atoms in total. The molecule has 4 aromatic rings. The van der Waals surface area contributed by atoms with E-state index in [0.29, 0.717) is 16.1 Å². The van der Waals surface area contributed by atoms with Gasteiger partial charge in [-0.3, -0.25) is 4.79 Å². The molecule has 0 radical (unpaired) electrons. The fourth-order valence-corrected chi connectivity index (χ4v) is 9.09. The summed E-state index contributed by atoms with van der Waals surface area (Å²) in [5.41, 5.74) is 8.38. The molecular weight excluding hydrogens is 503 g/mol. The molecule has 1 unspecified atom stereocenters. The molecular formula is C29H21N3OS3. The molecule has 0 fully saturated rings. The number of amides is 1. The molecule has 0 saturated heterocycles. The van der Waals surface area contributed by atoms with E-state index in [-0.39, 0.29) is 5.91 Å². The summed E-state index contributed by atoms with van der Waals surface area (Å²) in [6, 6.07) is 21.4. The normalized spacial score (nSPS) is 13.9. The third kappa shape index (κ3) is 3.76. The van der Waals surface area contributed by atoms with Crippen molar-refractivity contribution < 1.29 is 4.79 Å². The number of thioether (sulfide) groups is 1. The Morgan fingerprint density at radius 2 is 1.42 bits per heavy atom. The minimum Gasteiger partial charge on any atom is -0.316 e. The summed E-state index contributed by atoms with van der Waals surface area (Å²) < 4.78 is 0.891. The lowest BCUT2D eigenvalue weighted by Gasteiger charge is -2.15. The van der Waals surface area contributed by atoms with Crippen LogP contribution >= 0.6 is 34.4 Å². The Balaban J connectivity index is 1.27. The van der Waals surface area contributed by atoms with Gasteiger partial charge < -0.3 is 5.32 Å². The van der Waals surface area contributed by atoms with Crippen LogP contribution in [0.1, 0.15) is 40.3 Å². The number of carbonyl (C=O) groups excluding carboxylic acids is 1. The van der Waals surface area contributed by atoms with Crippen molar-refractivity contribution in [3.63, 3.8) is 0 Å². The SMILES string of the molecule is CC(Sc1sc2c(c1C#N)CCc1ccccc1-2)C(=O)Nc1sc2c(c1C#N)CCc1ccccc1-2. The molecule has 2 heterocycles. The second-order valence-electron chi connectivity index (χ2n) is 8.97. The van der Waals surface area contributed by atoms with E-state index in [0.717, 1.165) is 56.3 Å². The van der Waals surface area contributed by atoms with Crippen LogP contribution < -0.4 is 5.32 Å². The van der Waals surface area contributed by atoms with Crippen LogP contribution in [0.5, 0.6) is 0 Å². The summed E-state index contributed by atoms with van der Waals surface area (Å²) in [5, 5.41) is 23.1. The van der Waals surface area contributed by atoms with Crippen molar-refractivity contribution in [3.8, 4) is 33.0 Å². The number of thiophene rings is 2. The minimum atomic E-state index is -0.412. The van der Waals surface area contributed by atoms with Gasteiger partial charge in [0.05, 0.1) is 20.6 Å². The highest BCUT2D eigenvalue weighted by Crippen LogP contribution is 2.48. The Morgan fingerprint density at radius 3 is 2.03 bits per heavy atom. The predicted molar refractivity (Wildman–Crippen MR) is 148 cm³/mol. The zero-order valence-electron chi connectivity index (χ0n) is 19.6. The Bertz CT molecular complexity index is 1620. The van der Waals surface area contributed by atoms with E-state index in [1.807, 2.05) is 25.1 Å². The van der Waals surface area contributed by atoms with E-state index in [4.69, 9.17) is 0 Å². The van der Waals surface area contributed by atoms with Gasteiger partial charge in [0, 0.05) is 9.75 Å². The number of carbonyl (C=O) groups is 1. The molecule has 1 N–H and O–H groups in total. The quantitative estimate of drug-likeness (QED) is 0.287. The van der Waals surface area contributed by atoms with Crippen molar-refractivity contribution in [2.45, 2.75) is 42.1 Å². The van der Waals surface area contributed by atoms with Crippen LogP contribution in [0.2, 0.25) is 0 Å². The molecule has 36 heavy (non-hydrogen) atoms. The van der Waals surface area contributed by atoms with Crippen molar-refractivity contribution in [1.29, 1.82) is 10.5 Å². The third-order valence-electron chi connectivity index (χ3n) is 6.91. The van der Waals surface area contributed by atoms with E-state index in [2.05, 4.69) is 47.8 Å². The van der Waals surface area contributed by atoms with Crippen LogP contribution in [0, 0.1) is 22.7 Å². The molecule has 0 spiro atoms. The summed E-state index contributed by atoms with van der Waals surface area (Å²) in [7, 11) is 0.